The summed E-state index contributed by atoms with van der Waals surface area (Å²) in [5.74, 6) is 0.0877. The summed E-state index contributed by atoms with van der Waals surface area (Å²) in [5, 5.41) is 5.92. The van der Waals surface area contributed by atoms with Gasteiger partial charge in [0.2, 0.25) is 5.91 Å². The average Bonchev–Trinajstić information content (AvgIpc) is 2.81. The summed E-state index contributed by atoms with van der Waals surface area (Å²) in [7, 11) is 1.66. The van der Waals surface area contributed by atoms with E-state index < -0.39 is 0 Å². The molecule has 17 heavy (non-hydrogen) atoms. The van der Waals surface area contributed by atoms with Gasteiger partial charge in [-0.05, 0) is 24.6 Å². The number of thiazole rings is 1. The van der Waals surface area contributed by atoms with Crippen molar-refractivity contribution in [2.45, 2.75) is 12.8 Å². The van der Waals surface area contributed by atoms with Gasteiger partial charge in [0, 0.05) is 25.7 Å². The molecule has 4 nitrogen and oxygen atoms in total. The summed E-state index contributed by atoms with van der Waals surface area (Å²) in [4.78, 5) is 15.2. The van der Waals surface area contributed by atoms with Crippen LogP contribution >= 0.6 is 11.3 Å². The minimum absolute atomic E-state index is 0.0877. The van der Waals surface area contributed by atoms with Crippen molar-refractivity contribution < 1.29 is 4.79 Å². The number of anilines is 1. The topological polar surface area (TPSA) is 54.0 Å². The van der Waals surface area contributed by atoms with Gasteiger partial charge < -0.3 is 10.6 Å². The van der Waals surface area contributed by atoms with Crippen LogP contribution in [0.5, 0.6) is 0 Å². The molecule has 2 N–H and O–H groups in total. The first-order valence-electron chi connectivity index (χ1n) is 5.57. The number of fused-ring (bicyclic) bond motifs is 1. The van der Waals surface area contributed by atoms with E-state index in [1.807, 2.05) is 17.6 Å². The molecule has 1 amide bonds. The molecule has 0 radical (unpaired) electrons. The number of nitrogens with one attached hydrogen (secondary N) is 2. The van der Waals surface area contributed by atoms with Gasteiger partial charge in [-0.2, -0.15) is 0 Å². The second-order valence-electron chi connectivity index (χ2n) is 3.74. The molecule has 0 bridgehead atoms. The lowest BCUT2D eigenvalue weighted by molar-refractivity contribution is -0.120. The molecule has 0 unspecified atom stereocenters. The molecule has 0 saturated heterocycles. The predicted octanol–water partition coefficient (Wildman–Crippen LogP) is 2.23. The lowest BCUT2D eigenvalue weighted by Crippen LogP contribution is -2.18. The highest BCUT2D eigenvalue weighted by atomic mass is 32.1. The van der Waals surface area contributed by atoms with Crippen LogP contribution in [0.15, 0.2) is 23.7 Å². The fourth-order valence-corrected chi connectivity index (χ4v) is 2.29. The fourth-order valence-electron chi connectivity index (χ4n) is 1.57. The molecule has 2 rings (SSSR count). The van der Waals surface area contributed by atoms with Gasteiger partial charge in [0.1, 0.15) is 0 Å². The third-order valence-corrected chi connectivity index (χ3v) is 3.31. The van der Waals surface area contributed by atoms with E-state index in [1.165, 1.54) is 4.70 Å². The normalized spacial score (nSPS) is 10.4. The van der Waals surface area contributed by atoms with E-state index in [4.69, 9.17) is 0 Å². The molecule has 0 spiro atoms. The Kier molecular flexibility index (Phi) is 3.93. The Morgan fingerprint density at radius 3 is 3.18 bits per heavy atom. The quantitative estimate of drug-likeness (QED) is 0.799. The molecule has 1 aromatic carbocycles. The van der Waals surface area contributed by atoms with Crippen molar-refractivity contribution in [3.8, 4) is 0 Å². The third kappa shape index (κ3) is 3.17. The van der Waals surface area contributed by atoms with Gasteiger partial charge in [0.15, 0.2) is 0 Å². The molecule has 5 heteroatoms. The van der Waals surface area contributed by atoms with Crippen molar-refractivity contribution in [3.05, 3.63) is 23.7 Å². The molecule has 90 valence electrons. The van der Waals surface area contributed by atoms with Gasteiger partial charge in [0.05, 0.1) is 15.7 Å². The summed E-state index contributed by atoms with van der Waals surface area (Å²) >= 11 is 1.63. The number of hydrogen-bond acceptors (Lipinski definition) is 4. The van der Waals surface area contributed by atoms with E-state index in [9.17, 15) is 4.79 Å². The molecular formula is C12H15N3OS. The Bertz CT molecular complexity index is 509. The van der Waals surface area contributed by atoms with Gasteiger partial charge in [-0.25, -0.2) is 4.98 Å². The third-order valence-electron chi connectivity index (χ3n) is 2.52. The second kappa shape index (κ2) is 5.63. The summed E-state index contributed by atoms with van der Waals surface area (Å²) in [6.07, 6.45) is 1.40. The molecule has 1 aromatic heterocycles. The Labute approximate surface area is 104 Å². The van der Waals surface area contributed by atoms with Crippen molar-refractivity contribution in [1.82, 2.24) is 10.3 Å². The van der Waals surface area contributed by atoms with E-state index in [1.54, 1.807) is 18.4 Å². The maximum atomic E-state index is 11.0. The van der Waals surface area contributed by atoms with Gasteiger partial charge in [-0.1, -0.05) is 0 Å². The molecule has 1 heterocycles. The molecule has 0 aliphatic heterocycles. The monoisotopic (exact) mass is 249 g/mol. The standard InChI is InChI=1S/C12H15N3OS/c1-13-12(16)3-2-6-14-9-4-5-10-11(7-9)17-8-15-10/h4-5,7-8,14H,2-3,6H2,1H3,(H,13,16). The van der Waals surface area contributed by atoms with E-state index in [0.29, 0.717) is 6.42 Å². The average molecular weight is 249 g/mol. The fraction of sp³-hybridized carbons (Fsp3) is 0.333. The zero-order valence-corrected chi connectivity index (χ0v) is 10.5. The van der Waals surface area contributed by atoms with E-state index in [0.717, 1.165) is 24.2 Å². The molecular weight excluding hydrogens is 234 g/mol. The second-order valence-corrected chi connectivity index (χ2v) is 4.62. The van der Waals surface area contributed by atoms with Crippen molar-refractivity contribution >= 4 is 33.1 Å². The maximum absolute atomic E-state index is 11.0. The zero-order chi connectivity index (χ0) is 12.1. The van der Waals surface area contributed by atoms with Crippen LogP contribution < -0.4 is 10.6 Å². The maximum Gasteiger partial charge on any atom is 0.219 e. The highest BCUT2D eigenvalue weighted by Gasteiger charge is 1.99. The molecule has 0 atom stereocenters. The molecule has 0 aliphatic rings. The summed E-state index contributed by atoms with van der Waals surface area (Å²) in [5.41, 5.74) is 3.96. The van der Waals surface area contributed by atoms with Crippen molar-refractivity contribution in [1.29, 1.82) is 0 Å². The first kappa shape index (κ1) is 11.9. The minimum Gasteiger partial charge on any atom is -0.385 e. The lowest BCUT2D eigenvalue weighted by atomic mass is 10.2. The summed E-state index contributed by atoms with van der Waals surface area (Å²) < 4.78 is 1.18. The van der Waals surface area contributed by atoms with Crippen LogP contribution in [0.3, 0.4) is 0 Å². The molecule has 0 saturated carbocycles. The molecule has 2 aromatic rings. The van der Waals surface area contributed by atoms with Crippen molar-refractivity contribution in [2.24, 2.45) is 0 Å². The van der Waals surface area contributed by atoms with Crippen LogP contribution in [-0.4, -0.2) is 24.5 Å². The van der Waals surface area contributed by atoms with Crippen LogP contribution in [0.25, 0.3) is 10.2 Å². The highest BCUT2D eigenvalue weighted by Crippen LogP contribution is 2.21. The van der Waals surface area contributed by atoms with Crippen LogP contribution in [-0.2, 0) is 4.79 Å². The minimum atomic E-state index is 0.0877. The van der Waals surface area contributed by atoms with E-state index >= 15 is 0 Å². The highest BCUT2D eigenvalue weighted by molar-refractivity contribution is 7.16. The zero-order valence-electron chi connectivity index (χ0n) is 9.69. The smallest absolute Gasteiger partial charge is 0.219 e. The number of aromatic nitrogens is 1. The van der Waals surface area contributed by atoms with Crippen LogP contribution in [0, 0.1) is 0 Å². The largest absolute Gasteiger partial charge is 0.385 e. The number of rotatable bonds is 5. The predicted molar refractivity (Wildman–Crippen MR) is 71.4 cm³/mol. The number of carbonyl (C=O) groups excluding carboxylic acids is 1. The van der Waals surface area contributed by atoms with Gasteiger partial charge >= 0.3 is 0 Å². The van der Waals surface area contributed by atoms with Crippen LogP contribution in [0.2, 0.25) is 0 Å². The van der Waals surface area contributed by atoms with Crippen molar-refractivity contribution in [2.75, 3.05) is 18.9 Å². The summed E-state index contributed by atoms with van der Waals surface area (Å²) in [6.45, 7) is 0.803. The van der Waals surface area contributed by atoms with Crippen LogP contribution in [0.4, 0.5) is 5.69 Å². The van der Waals surface area contributed by atoms with Gasteiger partial charge in [0.25, 0.3) is 0 Å². The first-order valence-corrected chi connectivity index (χ1v) is 6.45. The Morgan fingerprint density at radius 1 is 1.47 bits per heavy atom. The number of amides is 1. The number of benzene rings is 1. The lowest BCUT2D eigenvalue weighted by Gasteiger charge is -2.05. The van der Waals surface area contributed by atoms with Crippen molar-refractivity contribution in [3.63, 3.8) is 0 Å². The first-order chi connectivity index (χ1) is 8.29. The number of carbonyl (C=O) groups is 1. The van der Waals surface area contributed by atoms with Crippen LogP contribution in [0.1, 0.15) is 12.8 Å². The van der Waals surface area contributed by atoms with E-state index in [2.05, 4.69) is 21.7 Å². The van der Waals surface area contributed by atoms with Gasteiger partial charge in [-0.3, -0.25) is 4.79 Å². The SMILES string of the molecule is CNC(=O)CCCNc1ccc2ncsc2c1. The number of nitrogens with zero attached hydrogens (tertiary/aromatic N) is 1. The Hall–Kier alpha value is -1.62. The summed E-state index contributed by atoms with van der Waals surface area (Å²) in [6, 6.07) is 6.11. The number of hydrogen-bond donors (Lipinski definition) is 2. The molecule has 0 aliphatic carbocycles. The van der Waals surface area contributed by atoms with Gasteiger partial charge in [-0.15, -0.1) is 11.3 Å². The van der Waals surface area contributed by atoms with E-state index in [-0.39, 0.29) is 5.91 Å². The molecule has 0 fully saturated rings. The Morgan fingerprint density at radius 2 is 2.35 bits per heavy atom. The Balaban J connectivity index is 1.84.